The van der Waals surface area contributed by atoms with E-state index in [9.17, 15) is 0 Å². The molecular formula is C14H16N2O. The highest BCUT2D eigenvalue weighted by Crippen LogP contribution is 2.34. The molecule has 0 spiro atoms. The van der Waals surface area contributed by atoms with E-state index in [-0.39, 0.29) is 0 Å². The first-order valence-electron chi connectivity index (χ1n) is 6.02. The minimum Gasteiger partial charge on any atom is -0.464 e. The maximum atomic E-state index is 5.26. The molecule has 2 atom stereocenters. The molecule has 17 heavy (non-hydrogen) atoms. The van der Waals surface area contributed by atoms with Gasteiger partial charge in [-0.25, -0.2) is 0 Å². The lowest BCUT2D eigenvalue weighted by Crippen LogP contribution is -2.53. The highest BCUT2D eigenvalue weighted by Gasteiger charge is 2.32. The molecule has 0 unspecified atom stereocenters. The van der Waals surface area contributed by atoms with Crippen LogP contribution in [0.15, 0.2) is 37.4 Å². The summed E-state index contributed by atoms with van der Waals surface area (Å²) in [6.07, 6.45) is 9.67. The second kappa shape index (κ2) is 4.34. The largest absolute Gasteiger partial charge is 0.464 e. The molecule has 1 aliphatic carbocycles. The molecule has 1 fully saturated rings. The number of hydrogen-bond acceptors (Lipinski definition) is 3. The van der Waals surface area contributed by atoms with Gasteiger partial charge in [0.2, 0.25) is 0 Å². The molecule has 0 radical (unpaired) electrons. The Morgan fingerprint density at radius 2 is 2.41 bits per heavy atom. The van der Waals surface area contributed by atoms with Crippen LogP contribution in [0.25, 0.3) is 5.57 Å². The van der Waals surface area contributed by atoms with E-state index in [1.165, 1.54) is 24.8 Å². The predicted octanol–water partition coefficient (Wildman–Crippen LogP) is 2.37. The van der Waals surface area contributed by atoms with Crippen LogP contribution in [0, 0.1) is 5.92 Å². The fourth-order valence-corrected chi connectivity index (χ4v) is 2.54. The van der Waals surface area contributed by atoms with E-state index >= 15 is 0 Å². The monoisotopic (exact) mass is 228 g/mol. The van der Waals surface area contributed by atoms with Crippen LogP contribution in [-0.4, -0.2) is 17.6 Å². The number of nitrogens with zero attached hydrogens (tertiary/aromatic N) is 1. The van der Waals surface area contributed by atoms with Crippen LogP contribution >= 0.6 is 0 Å². The van der Waals surface area contributed by atoms with E-state index in [0.29, 0.717) is 6.04 Å². The van der Waals surface area contributed by atoms with Crippen molar-refractivity contribution >= 4 is 5.57 Å². The van der Waals surface area contributed by atoms with Gasteiger partial charge in [-0.05, 0) is 36.0 Å². The highest BCUT2D eigenvalue weighted by molar-refractivity contribution is 5.67. The van der Waals surface area contributed by atoms with Crippen LogP contribution in [0.4, 0.5) is 0 Å². The molecule has 3 rings (SSSR count). The first kappa shape index (κ1) is 10.5. The Morgan fingerprint density at radius 3 is 3.12 bits per heavy atom. The SMILES string of the molecule is C=COc1cncc(C2=CC[C@@H]3CN[C@@H]3C2)c1. The van der Waals surface area contributed by atoms with Crippen molar-refractivity contribution in [2.75, 3.05) is 6.54 Å². The Bertz CT molecular complexity index is 467. The van der Waals surface area contributed by atoms with E-state index < -0.39 is 0 Å². The summed E-state index contributed by atoms with van der Waals surface area (Å²) in [7, 11) is 0. The molecule has 3 heteroatoms. The maximum absolute atomic E-state index is 5.26. The zero-order valence-corrected chi connectivity index (χ0v) is 9.73. The average Bonchev–Trinajstić information content (AvgIpc) is 2.32. The molecule has 2 aliphatic rings. The molecule has 0 saturated carbocycles. The van der Waals surface area contributed by atoms with Crippen molar-refractivity contribution in [3.8, 4) is 5.75 Å². The Labute approximate surface area is 101 Å². The quantitative estimate of drug-likeness (QED) is 0.806. The number of nitrogens with one attached hydrogen (secondary N) is 1. The van der Waals surface area contributed by atoms with Crippen molar-refractivity contribution in [1.82, 2.24) is 10.3 Å². The number of fused-ring (bicyclic) bond motifs is 1. The summed E-state index contributed by atoms with van der Waals surface area (Å²) in [5.74, 6) is 1.60. The van der Waals surface area contributed by atoms with Crippen molar-refractivity contribution < 1.29 is 4.74 Å². The van der Waals surface area contributed by atoms with Gasteiger partial charge >= 0.3 is 0 Å². The number of rotatable bonds is 3. The number of ether oxygens (including phenoxy) is 1. The van der Waals surface area contributed by atoms with Crippen molar-refractivity contribution in [2.24, 2.45) is 5.92 Å². The first-order valence-corrected chi connectivity index (χ1v) is 6.02. The first-order chi connectivity index (χ1) is 8.36. The normalized spacial score (nSPS) is 26.5. The van der Waals surface area contributed by atoms with Crippen molar-refractivity contribution in [3.05, 3.63) is 42.9 Å². The van der Waals surface area contributed by atoms with Gasteiger partial charge in [0.25, 0.3) is 0 Å². The molecule has 1 N–H and O–H groups in total. The lowest BCUT2D eigenvalue weighted by molar-refractivity contribution is 0.230. The van der Waals surface area contributed by atoms with Crippen molar-refractivity contribution in [2.45, 2.75) is 18.9 Å². The van der Waals surface area contributed by atoms with E-state index in [4.69, 9.17) is 4.74 Å². The van der Waals surface area contributed by atoms with Gasteiger partial charge in [0.1, 0.15) is 5.75 Å². The van der Waals surface area contributed by atoms with E-state index in [1.807, 2.05) is 12.3 Å². The number of aromatic nitrogens is 1. The Morgan fingerprint density at radius 1 is 1.47 bits per heavy atom. The third kappa shape index (κ3) is 1.98. The summed E-state index contributed by atoms with van der Waals surface area (Å²) < 4.78 is 5.26. The van der Waals surface area contributed by atoms with Crippen LogP contribution in [0.1, 0.15) is 18.4 Å². The molecule has 1 aliphatic heterocycles. The van der Waals surface area contributed by atoms with Gasteiger partial charge < -0.3 is 10.1 Å². The second-order valence-electron chi connectivity index (χ2n) is 4.64. The predicted molar refractivity (Wildman–Crippen MR) is 67.6 cm³/mol. The summed E-state index contributed by atoms with van der Waals surface area (Å²) in [6.45, 7) is 4.73. The molecule has 1 aromatic rings. The Balaban J connectivity index is 1.83. The van der Waals surface area contributed by atoms with Crippen LogP contribution in [0.2, 0.25) is 0 Å². The van der Waals surface area contributed by atoms with Gasteiger partial charge in [-0.15, -0.1) is 0 Å². The molecule has 2 heterocycles. The van der Waals surface area contributed by atoms with Gasteiger partial charge in [0, 0.05) is 18.8 Å². The molecule has 0 bridgehead atoms. The summed E-state index contributed by atoms with van der Waals surface area (Å²) in [5.41, 5.74) is 2.54. The summed E-state index contributed by atoms with van der Waals surface area (Å²) in [6, 6.07) is 2.69. The molecule has 1 saturated heterocycles. The fourth-order valence-electron chi connectivity index (χ4n) is 2.54. The van der Waals surface area contributed by atoms with Crippen molar-refractivity contribution in [1.29, 1.82) is 0 Å². The van der Waals surface area contributed by atoms with E-state index in [1.54, 1.807) is 6.20 Å². The Kier molecular flexibility index (Phi) is 2.69. The zero-order valence-electron chi connectivity index (χ0n) is 9.73. The third-order valence-electron chi connectivity index (χ3n) is 3.62. The topological polar surface area (TPSA) is 34.1 Å². The van der Waals surface area contributed by atoms with Crippen LogP contribution < -0.4 is 10.1 Å². The summed E-state index contributed by atoms with van der Waals surface area (Å²) >= 11 is 0. The molecule has 1 aromatic heterocycles. The van der Waals surface area contributed by atoms with Crippen LogP contribution in [-0.2, 0) is 0 Å². The second-order valence-corrected chi connectivity index (χ2v) is 4.64. The van der Waals surface area contributed by atoms with Gasteiger partial charge in [0.15, 0.2) is 0 Å². The molecule has 0 amide bonds. The smallest absolute Gasteiger partial charge is 0.145 e. The van der Waals surface area contributed by atoms with Gasteiger partial charge in [-0.2, -0.15) is 0 Å². The molecular weight excluding hydrogens is 212 g/mol. The lowest BCUT2D eigenvalue weighted by Gasteiger charge is -2.41. The number of pyridine rings is 1. The maximum Gasteiger partial charge on any atom is 0.145 e. The third-order valence-corrected chi connectivity index (χ3v) is 3.62. The van der Waals surface area contributed by atoms with E-state index in [2.05, 4.69) is 23.0 Å². The Hall–Kier alpha value is -1.61. The van der Waals surface area contributed by atoms with Gasteiger partial charge in [0.05, 0.1) is 12.5 Å². The standard InChI is InChI=1S/C14H16N2O/c1-2-17-13-5-12(7-15-9-13)10-3-4-11-8-16-14(11)6-10/h2-3,5,7,9,11,14,16H,1,4,6,8H2/t11-,14-/m1/s1. The molecule has 0 aromatic carbocycles. The summed E-state index contributed by atoms with van der Waals surface area (Å²) in [4.78, 5) is 4.21. The number of allylic oxidation sites excluding steroid dienone is 1. The van der Waals surface area contributed by atoms with Crippen LogP contribution in [0.3, 0.4) is 0 Å². The highest BCUT2D eigenvalue weighted by atomic mass is 16.5. The van der Waals surface area contributed by atoms with Gasteiger partial charge in [-0.1, -0.05) is 12.7 Å². The molecule has 88 valence electrons. The van der Waals surface area contributed by atoms with Gasteiger partial charge in [-0.3, -0.25) is 4.98 Å². The van der Waals surface area contributed by atoms with Crippen LogP contribution in [0.5, 0.6) is 5.75 Å². The molecule has 3 nitrogen and oxygen atoms in total. The summed E-state index contributed by atoms with van der Waals surface area (Å²) in [5, 5.41) is 3.48. The minimum atomic E-state index is 0.666. The zero-order chi connectivity index (χ0) is 11.7. The van der Waals surface area contributed by atoms with Crippen molar-refractivity contribution in [3.63, 3.8) is 0 Å². The lowest BCUT2D eigenvalue weighted by atomic mass is 9.78. The fraction of sp³-hybridized carbons (Fsp3) is 0.357. The van der Waals surface area contributed by atoms with E-state index in [0.717, 1.165) is 23.7 Å². The average molecular weight is 228 g/mol. The number of hydrogen-bond donors (Lipinski definition) is 1. The minimum absolute atomic E-state index is 0.666.